The van der Waals surface area contributed by atoms with E-state index in [2.05, 4.69) is 5.32 Å². The fourth-order valence-electron chi connectivity index (χ4n) is 4.07. The number of sulfonamides is 1. The van der Waals surface area contributed by atoms with Crippen molar-refractivity contribution in [3.8, 4) is 0 Å². The number of esters is 1. The zero-order valence-electron chi connectivity index (χ0n) is 18.4. The van der Waals surface area contributed by atoms with Gasteiger partial charge < -0.3 is 10.1 Å². The number of hydrogen-bond donors (Lipinski definition) is 1. The summed E-state index contributed by atoms with van der Waals surface area (Å²) in [7, 11) is -2.42. The molecule has 0 fully saturated rings. The van der Waals surface area contributed by atoms with Gasteiger partial charge >= 0.3 is 5.97 Å². The fourth-order valence-corrected chi connectivity index (χ4v) is 6.51. The molecule has 1 aliphatic rings. The van der Waals surface area contributed by atoms with Gasteiger partial charge in [-0.2, -0.15) is 0 Å². The number of nitrogens with one attached hydrogen (secondary N) is 1. The molecule has 1 amide bonds. The standard InChI is InChI=1S/C22H28N2O5S2/c1-13-10-14(2)12-16(11-13)24(31(5,27)28)15(3)20(25)23-21-19(22(26)29-4)17-8-6-7-9-18(17)30-21/h10-12,15H,6-9H2,1-5H3,(H,23,25)/t15-/m1/s1. The number of aryl methyl sites for hydroxylation is 3. The van der Waals surface area contributed by atoms with Crippen molar-refractivity contribution >= 4 is 43.9 Å². The van der Waals surface area contributed by atoms with Gasteiger partial charge in [-0.3, -0.25) is 9.10 Å². The molecule has 0 unspecified atom stereocenters. The minimum atomic E-state index is -3.74. The highest BCUT2D eigenvalue weighted by Crippen LogP contribution is 2.39. The Kier molecular flexibility index (Phi) is 6.76. The minimum absolute atomic E-state index is 0.389. The molecule has 0 bridgehead atoms. The van der Waals surface area contributed by atoms with Crippen molar-refractivity contribution in [1.29, 1.82) is 0 Å². The summed E-state index contributed by atoms with van der Waals surface area (Å²) in [6.07, 6.45) is 4.71. The Hall–Kier alpha value is -2.39. The van der Waals surface area contributed by atoms with Crippen LogP contribution < -0.4 is 9.62 Å². The maximum atomic E-state index is 13.2. The highest BCUT2D eigenvalue weighted by molar-refractivity contribution is 7.92. The average Bonchev–Trinajstić information content (AvgIpc) is 3.03. The summed E-state index contributed by atoms with van der Waals surface area (Å²) < 4.78 is 31.3. The van der Waals surface area contributed by atoms with Crippen molar-refractivity contribution < 1.29 is 22.7 Å². The molecule has 0 saturated heterocycles. The first-order valence-corrected chi connectivity index (χ1v) is 12.8. The lowest BCUT2D eigenvalue weighted by Gasteiger charge is -2.28. The third-order valence-corrected chi connectivity index (χ3v) is 7.80. The molecule has 1 aromatic heterocycles. The molecular weight excluding hydrogens is 436 g/mol. The van der Waals surface area contributed by atoms with Crippen molar-refractivity contribution in [3.63, 3.8) is 0 Å². The quantitative estimate of drug-likeness (QED) is 0.656. The van der Waals surface area contributed by atoms with E-state index in [1.165, 1.54) is 18.4 Å². The second-order valence-electron chi connectivity index (χ2n) is 7.98. The van der Waals surface area contributed by atoms with Crippen LogP contribution in [0.4, 0.5) is 10.7 Å². The summed E-state index contributed by atoms with van der Waals surface area (Å²) in [4.78, 5) is 26.7. The third kappa shape index (κ3) is 4.93. The molecule has 1 atom stereocenters. The van der Waals surface area contributed by atoms with Crippen molar-refractivity contribution in [1.82, 2.24) is 0 Å². The first-order valence-electron chi connectivity index (χ1n) is 10.1. The van der Waals surface area contributed by atoms with Gasteiger partial charge in [-0.15, -0.1) is 11.3 Å². The van der Waals surface area contributed by atoms with E-state index < -0.39 is 27.9 Å². The lowest BCUT2D eigenvalue weighted by molar-refractivity contribution is -0.116. The number of rotatable bonds is 6. The summed E-state index contributed by atoms with van der Waals surface area (Å²) in [6, 6.07) is 4.40. The second kappa shape index (κ2) is 9.00. The van der Waals surface area contributed by atoms with Crippen molar-refractivity contribution in [3.05, 3.63) is 45.3 Å². The van der Waals surface area contributed by atoms with E-state index in [0.717, 1.165) is 57.8 Å². The van der Waals surface area contributed by atoms with Gasteiger partial charge in [-0.25, -0.2) is 13.2 Å². The zero-order valence-corrected chi connectivity index (χ0v) is 20.1. The lowest BCUT2D eigenvalue weighted by atomic mass is 9.95. The van der Waals surface area contributed by atoms with E-state index in [-0.39, 0.29) is 0 Å². The Morgan fingerprint density at radius 3 is 2.32 bits per heavy atom. The molecule has 1 aromatic carbocycles. The van der Waals surface area contributed by atoms with Crippen molar-refractivity contribution in [2.24, 2.45) is 0 Å². The number of amides is 1. The molecule has 2 aromatic rings. The van der Waals surface area contributed by atoms with Crippen LogP contribution in [0, 0.1) is 13.8 Å². The fraction of sp³-hybridized carbons (Fsp3) is 0.455. The molecule has 1 aliphatic carbocycles. The number of carbonyl (C=O) groups excluding carboxylic acids is 2. The normalized spacial score (nSPS) is 14.5. The van der Waals surface area contributed by atoms with Gasteiger partial charge in [0.2, 0.25) is 15.9 Å². The van der Waals surface area contributed by atoms with Crippen LogP contribution in [0.5, 0.6) is 0 Å². The van der Waals surface area contributed by atoms with E-state index in [1.54, 1.807) is 19.1 Å². The number of benzene rings is 1. The van der Waals surface area contributed by atoms with E-state index in [4.69, 9.17) is 4.74 Å². The molecular formula is C22H28N2O5S2. The predicted molar refractivity (Wildman–Crippen MR) is 124 cm³/mol. The lowest BCUT2D eigenvalue weighted by Crippen LogP contribution is -2.45. The van der Waals surface area contributed by atoms with Crippen LogP contribution in [-0.2, 0) is 32.4 Å². The second-order valence-corrected chi connectivity index (χ2v) is 10.9. The van der Waals surface area contributed by atoms with Crippen molar-refractivity contribution in [2.75, 3.05) is 23.0 Å². The molecule has 168 valence electrons. The van der Waals surface area contributed by atoms with Gasteiger partial charge in [0, 0.05) is 4.88 Å². The maximum absolute atomic E-state index is 13.2. The smallest absolute Gasteiger partial charge is 0.341 e. The molecule has 0 spiro atoms. The number of fused-ring (bicyclic) bond motifs is 1. The molecule has 0 aliphatic heterocycles. The molecule has 1 N–H and O–H groups in total. The largest absolute Gasteiger partial charge is 0.465 e. The van der Waals surface area contributed by atoms with Crippen LogP contribution >= 0.6 is 11.3 Å². The number of hydrogen-bond acceptors (Lipinski definition) is 6. The number of carbonyl (C=O) groups is 2. The summed E-state index contributed by atoms with van der Waals surface area (Å²) in [5.74, 6) is -0.995. The zero-order chi connectivity index (χ0) is 22.9. The Labute approximate surface area is 187 Å². The molecule has 1 heterocycles. The van der Waals surface area contributed by atoms with E-state index in [1.807, 2.05) is 19.9 Å². The topological polar surface area (TPSA) is 92.8 Å². The van der Waals surface area contributed by atoms with Gasteiger partial charge in [0.25, 0.3) is 0 Å². The van der Waals surface area contributed by atoms with Crippen LogP contribution in [0.25, 0.3) is 0 Å². The van der Waals surface area contributed by atoms with Crippen LogP contribution in [0.1, 0.15) is 51.7 Å². The molecule has 0 saturated carbocycles. The molecule has 7 nitrogen and oxygen atoms in total. The number of anilines is 2. The van der Waals surface area contributed by atoms with Crippen LogP contribution in [0.15, 0.2) is 18.2 Å². The number of thiophene rings is 1. The first-order chi connectivity index (χ1) is 14.5. The number of ether oxygens (including phenoxy) is 1. The van der Waals surface area contributed by atoms with E-state index >= 15 is 0 Å². The monoisotopic (exact) mass is 464 g/mol. The number of nitrogens with zero attached hydrogens (tertiary/aromatic N) is 1. The summed E-state index contributed by atoms with van der Waals surface area (Å²) in [6.45, 7) is 5.29. The Balaban J connectivity index is 1.97. The summed E-state index contributed by atoms with van der Waals surface area (Å²) >= 11 is 1.37. The number of methoxy groups -OCH3 is 1. The molecule has 9 heteroatoms. The highest BCUT2D eigenvalue weighted by atomic mass is 32.2. The van der Waals surface area contributed by atoms with E-state index in [0.29, 0.717) is 16.3 Å². The van der Waals surface area contributed by atoms with Crippen molar-refractivity contribution in [2.45, 2.75) is 52.5 Å². The van der Waals surface area contributed by atoms with Crippen LogP contribution in [-0.4, -0.2) is 39.7 Å². The van der Waals surface area contributed by atoms with Gasteiger partial charge in [-0.05, 0) is 75.3 Å². The SMILES string of the molecule is COC(=O)c1c(NC(=O)[C@@H](C)N(c2cc(C)cc(C)c2)S(C)(=O)=O)sc2c1CCCC2. The third-order valence-electron chi connectivity index (χ3n) is 5.35. The van der Waals surface area contributed by atoms with Gasteiger partial charge in [0.15, 0.2) is 0 Å². The van der Waals surface area contributed by atoms with Crippen LogP contribution in [0.3, 0.4) is 0 Å². The Morgan fingerprint density at radius 2 is 1.74 bits per heavy atom. The first kappa shape index (κ1) is 23.3. The highest BCUT2D eigenvalue weighted by Gasteiger charge is 2.32. The summed E-state index contributed by atoms with van der Waals surface area (Å²) in [5, 5.41) is 3.23. The summed E-state index contributed by atoms with van der Waals surface area (Å²) in [5.41, 5.74) is 3.55. The average molecular weight is 465 g/mol. The van der Waals surface area contributed by atoms with E-state index in [9.17, 15) is 18.0 Å². The maximum Gasteiger partial charge on any atom is 0.341 e. The molecule has 3 rings (SSSR count). The van der Waals surface area contributed by atoms with Crippen LogP contribution in [0.2, 0.25) is 0 Å². The predicted octanol–water partition coefficient (Wildman–Crippen LogP) is 3.82. The molecule has 31 heavy (non-hydrogen) atoms. The Morgan fingerprint density at radius 1 is 1.13 bits per heavy atom. The molecule has 0 radical (unpaired) electrons. The minimum Gasteiger partial charge on any atom is -0.465 e. The van der Waals surface area contributed by atoms with Gasteiger partial charge in [0.05, 0.1) is 24.6 Å². The Bertz CT molecular complexity index is 1100. The van der Waals surface area contributed by atoms with Gasteiger partial charge in [0.1, 0.15) is 11.0 Å². The van der Waals surface area contributed by atoms with Gasteiger partial charge in [-0.1, -0.05) is 6.07 Å².